The molecule has 0 aliphatic rings. The second kappa shape index (κ2) is 11.9. The molecule has 1 amide bonds. The first kappa shape index (κ1) is 25.4. The van der Waals surface area contributed by atoms with Crippen molar-refractivity contribution in [3.63, 3.8) is 0 Å². The minimum Gasteiger partial charge on any atom is -0.493 e. The molecule has 0 spiro atoms. The molecule has 0 aliphatic heterocycles. The van der Waals surface area contributed by atoms with Crippen molar-refractivity contribution in [2.75, 3.05) is 6.61 Å². The topological polar surface area (TPSA) is 85.4 Å². The van der Waals surface area contributed by atoms with Gasteiger partial charge in [0.15, 0.2) is 11.8 Å². The summed E-state index contributed by atoms with van der Waals surface area (Å²) in [6, 6.07) is 22.5. The zero-order valence-corrected chi connectivity index (χ0v) is 21.8. The Kier molecular flexibility index (Phi) is 8.38. The number of nitrogens with zero attached hydrogens (tertiary/aromatic N) is 3. The van der Waals surface area contributed by atoms with Crippen LogP contribution < -0.4 is 9.47 Å². The van der Waals surface area contributed by atoms with Gasteiger partial charge in [0.05, 0.1) is 12.1 Å². The van der Waals surface area contributed by atoms with Crippen molar-refractivity contribution >= 4 is 38.4 Å². The lowest BCUT2D eigenvalue weighted by molar-refractivity contribution is -0.125. The fraction of sp³-hybridized carbons (Fsp3) is 0.250. The van der Waals surface area contributed by atoms with Crippen molar-refractivity contribution in [1.82, 2.24) is 4.57 Å². The van der Waals surface area contributed by atoms with Crippen molar-refractivity contribution in [1.29, 1.82) is 0 Å². The van der Waals surface area contributed by atoms with Crippen LogP contribution >= 0.6 is 15.9 Å². The molecule has 1 N–H and O–H groups in total. The van der Waals surface area contributed by atoms with E-state index >= 15 is 0 Å². The molecule has 36 heavy (non-hydrogen) atoms. The second-order valence-electron chi connectivity index (χ2n) is 8.39. The van der Waals surface area contributed by atoms with Gasteiger partial charge in [-0.1, -0.05) is 65.2 Å². The molecular formula is C28H28BrN3O4. The van der Waals surface area contributed by atoms with Gasteiger partial charge in [-0.2, -0.15) is 0 Å². The molecule has 4 rings (SSSR count). The van der Waals surface area contributed by atoms with Crippen LogP contribution in [-0.4, -0.2) is 28.3 Å². The lowest BCUT2D eigenvalue weighted by Gasteiger charge is -2.14. The van der Waals surface area contributed by atoms with E-state index in [4.69, 9.17) is 9.47 Å². The Morgan fingerprint density at radius 2 is 1.72 bits per heavy atom. The number of aromatic hydroxyl groups is 1. The molecule has 0 unspecified atom stereocenters. The van der Waals surface area contributed by atoms with E-state index in [0.717, 1.165) is 27.7 Å². The third-order valence-electron chi connectivity index (χ3n) is 5.69. The Balaban J connectivity index is 1.52. The number of fused-ring (bicyclic) bond motifs is 1. The summed E-state index contributed by atoms with van der Waals surface area (Å²) in [6.45, 7) is 4.74. The molecule has 0 saturated carbocycles. The smallest absolute Gasteiger partial charge is 0.305 e. The fourth-order valence-electron chi connectivity index (χ4n) is 3.82. The van der Waals surface area contributed by atoms with Crippen LogP contribution in [0.15, 0.2) is 87.5 Å². The van der Waals surface area contributed by atoms with Crippen molar-refractivity contribution in [3.05, 3.63) is 82.8 Å². The normalized spacial score (nSPS) is 12.2. The highest BCUT2D eigenvalue weighted by molar-refractivity contribution is 9.10. The molecular weight excluding hydrogens is 522 g/mol. The zero-order valence-electron chi connectivity index (χ0n) is 20.2. The van der Waals surface area contributed by atoms with E-state index < -0.39 is 12.0 Å². The van der Waals surface area contributed by atoms with E-state index in [0.29, 0.717) is 30.7 Å². The largest absolute Gasteiger partial charge is 0.493 e. The first-order valence-electron chi connectivity index (χ1n) is 11.8. The van der Waals surface area contributed by atoms with Crippen LogP contribution in [0.2, 0.25) is 0 Å². The van der Waals surface area contributed by atoms with E-state index in [2.05, 4.69) is 26.2 Å². The second-order valence-corrected chi connectivity index (χ2v) is 9.31. The molecule has 0 aliphatic carbocycles. The number of hydrogen-bond donors (Lipinski definition) is 1. The maximum absolute atomic E-state index is 12.9. The average Bonchev–Trinajstić information content (AvgIpc) is 3.15. The third-order valence-corrected chi connectivity index (χ3v) is 6.22. The first-order valence-corrected chi connectivity index (χ1v) is 12.6. The van der Waals surface area contributed by atoms with E-state index in [1.165, 1.54) is 0 Å². The maximum atomic E-state index is 12.9. The van der Waals surface area contributed by atoms with Crippen molar-refractivity contribution in [3.8, 4) is 17.4 Å². The molecule has 0 radical (unpaired) electrons. The molecule has 7 nitrogen and oxygen atoms in total. The number of azo groups is 1. The monoisotopic (exact) mass is 549 g/mol. The van der Waals surface area contributed by atoms with Gasteiger partial charge in [-0.05, 0) is 55.8 Å². The van der Waals surface area contributed by atoms with Gasteiger partial charge in [-0.15, -0.1) is 10.2 Å². The van der Waals surface area contributed by atoms with Crippen LogP contribution in [0.5, 0.6) is 17.4 Å². The molecule has 1 heterocycles. The number of ether oxygens (including phenoxy) is 2. The van der Waals surface area contributed by atoms with Gasteiger partial charge in [-0.25, -0.2) is 0 Å². The van der Waals surface area contributed by atoms with Crippen molar-refractivity contribution in [2.24, 2.45) is 10.2 Å². The van der Waals surface area contributed by atoms with E-state index in [-0.39, 0.29) is 11.6 Å². The summed E-state index contributed by atoms with van der Waals surface area (Å²) in [5.41, 5.74) is 2.18. The minimum absolute atomic E-state index is 0.0684. The Morgan fingerprint density at radius 3 is 2.44 bits per heavy atom. The molecule has 8 heteroatoms. The van der Waals surface area contributed by atoms with E-state index in [1.807, 2.05) is 74.5 Å². The average molecular weight is 550 g/mol. The number of benzene rings is 3. The van der Waals surface area contributed by atoms with Gasteiger partial charge < -0.3 is 19.1 Å². The van der Waals surface area contributed by atoms with Gasteiger partial charge >= 0.3 is 5.91 Å². The maximum Gasteiger partial charge on any atom is 0.305 e. The fourth-order valence-corrected chi connectivity index (χ4v) is 4.09. The number of amides is 1. The Morgan fingerprint density at radius 1 is 1.03 bits per heavy atom. The number of aromatic nitrogens is 1. The first-order chi connectivity index (χ1) is 17.5. The van der Waals surface area contributed by atoms with Crippen LogP contribution in [0, 0.1) is 6.92 Å². The van der Waals surface area contributed by atoms with Crippen LogP contribution in [0.1, 0.15) is 25.3 Å². The van der Waals surface area contributed by atoms with Crippen molar-refractivity contribution in [2.45, 2.75) is 39.3 Å². The van der Waals surface area contributed by atoms with E-state index in [1.54, 1.807) is 16.7 Å². The van der Waals surface area contributed by atoms with Gasteiger partial charge in [0.2, 0.25) is 5.88 Å². The van der Waals surface area contributed by atoms with Crippen LogP contribution in [-0.2, 0) is 11.3 Å². The summed E-state index contributed by atoms with van der Waals surface area (Å²) in [7, 11) is 0. The molecule has 1 atom stereocenters. The van der Waals surface area contributed by atoms with Gasteiger partial charge in [0.25, 0.3) is 0 Å². The third kappa shape index (κ3) is 6.12. The molecule has 3 aromatic carbocycles. The highest BCUT2D eigenvalue weighted by atomic mass is 79.9. The van der Waals surface area contributed by atoms with Gasteiger partial charge in [-0.3, -0.25) is 4.79 Å². The minimum atomic E-state index is -0.765. The molecule has 0 fully saturated rings. The summed E-state index contributed by atoms with van der Waals surface area (Å²) in [4.78, 5) is 12.9. The summed E-state index contributed by atoms with van der Waals surface area (Å²) in [5.74, 6) is 0.767. The van der Waals surface area contributed by atoms with E-state index in [9.17, 15) is 9.90 Å². The Bertz CT molecular complexity index is 1350. The molecule has 0 bridgehead atoms. The number of carbonyl (C=O) groups excluding carboxylic acids is 1. The number of para-hydroxylation sites is 1. The lowest BCUT2D eigenvalue weighted by atomic mass is 10.2. The highest BCUT2D eigenvalue weighted by Crippen LogP contribution is 2.38. The number of hydrogen-bond acceptors (Lipinski definition) is 5. The van der Waals surface area contributed by atoms with Crippen LogP contribution in [0.25, 0.3) is 10.9 Å². The SMILES string of the molecule is CCC[C@@H](Oc1ccc(Br)cc1)C(=O)N=Nc1c(O)n(CCOc2ccc(C)cc2)c2ccccc12. The quantitative estimate of drug-likeness (QED) is 0.209. The predicted octanol–water partition coefficient (Wildman–Crippen LogP) is 7.35. The van der Waals surface area contributed by atoms with Crippen LogP contribution in [0.4, 0.5) is 5.69 Å². The standard InChI is InChI=1S/C28H28BrN3O4/c1-3-6-25(36-22-15-11-20(29)12-16-22)27(33)31-30-26-23-7-4-5-8-24(23)32(28(26)34)17-18-35-21-13-9-19(2)10-14-21/h4-5,7-16,25,34H,3,6,17-18H2,1-2H3/t25-/m1/s1. The highest BCUT2D eigenvalue weighted by Gasteiger charge is 2.21. The number of carbonyl (C=O) groups is 1. The summed E-state index contributed by atoms with van der Waals surface area (Å²) in [5, 5.41) is 19.8. The summed E-state index contributed by atoms with van der Waals surface area (Å²) in [6.07, 6.45) is 0.477. The van der Waals surface area contributed by atoms with Gasteiger partial charge in [0.1, 0.15) is 18.1 Å². The van der Waals surface area contributed by atoms with Crippen molar-refractivity contribution < 1.29 is 19.4 Å². The molecule has 1 aromatic heterocycles. The number of halogens is 1. The number of aryl methyl sites for hydroxylation is 1. The Labute approximate surface area is 218 Å². The summed E-state index contributed by atoms with van der Waals surface area (Å²) < 4.78 is 14.3. The predicted molar refractivity (Wildman–Crippen MR) is 143 cm³/mol. The summed E-state index contributed by atoms with van der Waals surface area (Å²) >= 11 is 3.39. The Hall–Kier alpha value is -3.65. The van der Waals surface area contributed by atoms with Gasteiger partial charge in [0, 0.05) is 9.86 Å². The number of rotatable bonds is 10. The molecule has 0 saturated heterocycles. The molecule has 186 valence electrons. The zero-order chi connectivity index (χ0) is 25.5. The lowest BCUT2D eigenvalue weighted by Crippen LogP contribution is -2.25. The van der Waals surface area contributed by atoms with Crippen LogP contribution in [0.3, 0.4) is 0 Å². The molecule has 4 aromatic rings.